The highest BCUT2D eigenvalue weighted by molar-refractivity contribution is 6.09. The first-order valence-corrected chi connectivity index (χ1v) is 7.91. The van der Waals surface area contributed by atoms with Gasteiger partial charge in [-0.15, -0.1) is 0 Å². The molecule has 0 spiro atoms. The zero-order valence-corrected chi connectivity index (χ0v) is 14.2. The van der Waals surface area contributed by atoms with Gasteiger partial charge in [0.15, 0.2) is 0 Å². The molecule has 2 aromatic carbocycles. The minimum Gasteiger partial charge on any atom is -0.326 e. The van der Waals surface area contributed by atoms with E-state index in [0.29, 0.717) is 16.9 Å². The van der Waals surface area contributed by atoms with Gasteiger partial charge in [-0.2, -0.15) is 5.26 Å². The summed E-state index contributed by atoms with van der Waals surface area (Å²) in [5, 5.41) is 14.6. The second kappa shape index (κ2) is 8.46. The molecule has 0 saturated heterocycles. The van der Waals surface area contributed by atoms with Gasteiger partial charge < -0.3 is 10.6 Å². The van der Waals surface area contributed by atoms with Crippen molar-refractivity contribution in [3.05, 3.63) is 65.2 Å². The number of rotatable bonds is 5. The van der Waals surface area contributed by atoms with Crippen molar-refractivity contribution in [3.8, 4) is 6.07 Å². The molecule has 0 unspecified atom stereocenters. The van der Waals surface area contributed by atoms with Gasteiger partial charge in [-0.3, -0.25) is 9.59 Å². The number of amides is 2. The van der Waals surface area contributed by atoms with E-state index < -0.39 is 5.91 Å². The number of nitrogens with zero attached hydrogens (tertiary/aromatic N) is 1. The van der Waals surface area contributed by atoms with Crippen molar-refractivity contribution in [2.24, 2.45) is 0 Å². The monoisotopic (exact) mass is 333 g/mol. The van der Waals surface area contributed by atoms with E-state index in [-0.39, 0.29) is 11.5 Å². The molecule has 0 aliphatic rings. The van der Waals surface area contributed by atoms with Crippen molar-refractivity contribution < 1.29 is 9.59 Å². The zero-order chi connectivity index (χ0) is 18.2. The Morgan fingerprint density at radius 1 is 1.00 bits per heavy atom. The molecule has 0 atom stereocenters. The summed E-state index contributed by atoms with van der Waals surface area (Å²) in [4.78, 5) is 23.3. The maximum atomic E-state index is 12.3. The molecule has 0 fully saturated rings. The van der Waals surface area contributed by atoms with Gasteiger partial charge in [0.1, 0.15) is 11.6 Å². The Labute approximate surface area is 147 Å². The lowest BCUT2D eigenvalue weighted by Crippen LogP contribution is -2.13. The van der Waals surface area contributed by atoms with E-state index in [1.54, 1.807) is 24.3 Å². The molecule has 0 radical (unpaired) electrons. The largest absolute Gasteiger partial charge is 0.326 e. The molecule has 2 amide bonds. The van der Waals surface area contributed by atoms with Crippen LogP contribution in [0.25, 0.3) is 6.08 Å². The van der Waals surface area contributed by atoms with Crippen LogP contribution in [-0.2, 0) is 16.0 Å². The minimum absolute atomic E-state index is 0.00634. The third-order valence-corrected chi connectivity index (χ3v) is 3.53. The van der Waals surface area contributed by atoms with Gasteiger partial charge in [0.2, 0.25) is 5.91 Å². The predicted molar refractivity (Wildman–Crippen MR) is 98.8 cm³/mol. The van der Waals surface area contributed by atoms with Crippen LogP contribution in [0.3, 0.4) is 0 Å². The van der Waals surface area contributed by atoms with Gasteiger partial charge in [0.25, 0.3) is 5.91 Å². The van der Waals surface area contributed by atoms with Gasteiger partial charge in [0, 0.05) is 18.3 Å². The molecule has 0 bridgehead atoms. The van der Waals surface area contributed by atoms with Gasteiger partial charge in [-0.05, 0) is 47.9 Å². The normalized spacial score (nSPS) is 10.7. The first kappa shape index (κ1) is 18.0. The molecule has 5 nitrogen and oxygen atoms in total. The summed E-state index contributed by atoms with van der Waals surface area (Å²) in [6.07, 6.45) is 2.43. The van der Waals surface area contributed by atoms with Crippen molar-refractivity contribution >= 4 is 29.3 Å². The van der Waals surface area contributed by atoms with Crippen LogP contribution in [0, 0.1) is 11.3 Å². The number of nitrogens with one attached hydrogen (secondary N) is 2. The van der Waals surface area contributed by atoms with Gasteiger partial charge in [0.05, 0.1) is 0 Å². The van der Waals surface area contributed by atoms with Crippen LogP contribution in [0.2, 0.25) is 0 Å². The topological polar surface area (TPSA) is 82.0 Å². The molecule has 2 rings (SSSR count). The number of hydrogen-bond donors (Lipinski definition) is 2. The van der Waals surface area contributed by atoms with Crippen LogP contribution in [0.15, 0.2) is 54.1 Å². The Morgan fingerprint density at radius 3 is 2.08 bits per heavy atom. The molecule has 2 aromatic rings. The fraction of sp³-hybridized carbons (Fsp3) is 0.150. The summed E-state index contributed by atoms with van der Waals surface area (Å²) in [7, 11) is 0. The Morgan fingerprint density at radius 2 is 1.56 bits per heavy atom. The van der Waals surface area contributed by atoms with Crippen LogP contribution in [0.5, 0.6) is 0 Å². The lowest BCUT2D eigenvalue weighted by molar-refractivity contribution is -0.114. The Bertz CT molecular complexity index is 829. The summed E-state index contributed by atoms with van der Waals surface area (Å²) >= 11 is 0. The van der Waals surface area contributed by atoms with Gasteiger partial charge >= 0.3 is 0 Å². The minimum atomic E-state index is -0.460. The Kier molecular flexibility index (Phi) is 6.08. The highest BCUT2D eigenvalue weighted by Crippen LogP contribution is 2.15. The molecule has 0 aliphatic heterocycles. The van der Waals surface area contributed by atoms with Crippen molar-refractivity contribution in [1.29, 1.82) is 5.26 Å². The highest BCUT2D eigenvalue weighted by Gasteiger charge is 2.09. The summed E-state index contributed by atoms with van der Waals surface area (Å²) in [6, 6.07) is 16.3. The predicted octanol–water partition coefficient (Wildman–Crippen LogP) is 3.75. The van der Waals surface area contributed by atoms with Crippen molar-refractivity contribution in [2.75, 3.05) is 10.6 Å². The molecule has 25 heavy (non-hydrogen) atoms. The smallest absolute Gasteiger partial charge is 0.266 e. The van der Waals surface area contributed by atoms with Gasteiger partial charge in [-0.25, -0.2) is 0 Å². The van der Waals surface area contributed by atoms with E-state index in [1.807, 2.05) is 30.3 Å². The van der Waals surface area contributed by atoms with Gasteiger partial charge in [-0.1, -0.05) is 31.2 Å². The number of carbonyl (C=O) groups is 2. The van der Waals surface area contributed by atoms with Crippen LogP contribution in [-0.4, -0.2) is 11.8 Å². The molecule has 2 N–H and O–H groups in total. The number of benzene rings is 2. The van der Waals surface area contributed by atoms with Crippen LogP contribution in [0.1, 0.15) is 25.0 Å². The molecule has 126 valence electrons. The zero-order valence-electron chi connectivity index (χ0n) is 14.2. The molecule has 5 heteroatoms. The second-order valence-corrected chi connectivity index (χ2v) is 5.48. The molecule has 0 heterocycles. The average Bonchev–Trinajstić information content (AvgIpc) is 2.61. The maximum absolute atomic E-state index is 12.3. The lowest BCUT2D eigenvalue weighted by Gasteiger charge is -2.06. The first-order valence-electron chi connectivity index (χ1n) is 7.91. The molecule has 0 aromatic heterocycles. The highest BCUT2D eigenvalue weighted by atomic mass is 16.2. The lowest BCUT2D eigenvalue weighted by atomic mass is 10.1. The average molecular weight is 333 g/mol. The fourth-order valence-electron chi connectivity index (χ4n) is 2.20. The van der Waals surface area contributed by atoms with Crippen LogP contribution in [0.4, 0.5) is 11.4 Å². The number of carbonyl (C=O) groups excluding carboxylic acids is 2. The summed E-state index contributed by atoms with van der Waals surface area (Å²) in [5.41, 5.74) is 3.18. The third-order valence-electron chi connectivity index (χ3n) is 3.53. The molecular weight excluding hydrogens is 314 g/mol. The van der Waals surface area contributed by atoms with Crippen LogP contribution >= 0.6 is 0 Å². The quantitative estimate of drug-likeness (QED) is 0.646. The fourth-order valence-corrected chi connectivity index (χ4v) is 2.20. The SMILES string of the molecule is CCc1ccc(NC(=O)C(C#N)=Cc2ccc(NC(C)=O)cc2)cc1. The van der Waals surface area contributed by atoms with Crippen molar-refractivity contribution in [2.45, 2.75) is 20.3 Å². The van der Waals surface area contributed by atoms with E-state index in [0.717, 1.165) is 6.42 Å². The first-order chi connectivity index (χ1) is 12.0. The Balaban J connectivity index is 2.11. The summed E-state index contributed by atoms with van der Waals surface area (Å²) < 4.78 is 0. The van der Waals surface area contributed by atoms with E-state index in [2.05, 4.69) is 17.6 Å². The van der Waals surface area contributed by atoms with E-state index in [4.69, 9.17) is 0 Å². The van der Waals surface area contributed by atoms with Crippen molar-refractivity contribution in [3.63, 3.8) is 0 Å². The summed E-state index contributed by atoms with van der Waals surface area (Å²) in [5.74, 6) is -0.618. The number of hydrogen-bond acceptors (Lipinski definition) is 3. The number of anilines is 2. The van der Waals surface area contributed by atoms with E-state index in [9.17, 15) is 14.9 Å². The standard InChI is InChI=1S/C20H19N3O2/c1-3-15-4-8-19(9-5-15)23-20(25)17(13-21)12-16-6-10-18(11-7-16)22-14(2)24/h4-12H,3H2,1-2H3,(H,22,24)(H,23,25). The molecule has 0 aliphatic carbocycles. The molecular formula is C20H19N3O2. The van der Waals surface area contributed by atoms with Crippen molar-refractivity contribution in [1.82, 2.24) is 0 Å². The Hall–Kier alpha value is -3.39. The second-order valence-electron chi connectivity index (χ2n) is 5.48. The number of nitriles is 1. The third kappa shape index (κ3) is 5.33. The molecule has 0 saturated carbocycles. The maximum Gasteiger partial charge on any atom is 0.266 e. The van der Waals surface area contributed by atoms with E-state index >= 15 is 0 Å². The summed E-state index contributed by atoms with van der Waals surface area (Å²) in [6.45, 7) is 3.49. The van der Waals surface area contributed by atoms with E-state index in [1.165, 1.54) is 18.6 Å². The number of aryl methyl sites for hydroxylation is 1. The van der Waals surface area contributed by atoms with Crippen LogP contribution < -0.4 is 10.6 Å².